The molecule has 0 saturated heterocycles. The zero-order valence-electron chi connectivity index (χ0n) is 7.09. The van der Waals surface area contributed by atoms with Crippen LogP contribution in [0, 0.1) is 6.92 Å². The van der Waals surface area contributed by atoms with Crippen LogP contribution in [0.1, 0.15) is 12.5 Å². The number of nitrogens with zero attached hydrogens (tertiary/aromatic N) is 1. The van der Waals surface area contributed by atoms with Gasteiger partial charge < -0.3 is 0 Å². The van der Waals surface area contributed by atoms with E-state index in [-0.39, 0.29) is 5.91 Å². The molecule has 1 rings (SSSR count). The highest BCUT2D eigenvalue weighted by Crippen LogP contribution is 2.02. The van der Waals surface area contributed by atoms with Crippen molar-refractivity contribution in [3.8, 4) is 0 Å². The Morgan fingerprint density at radius 2 is 2.33 bits per heavy atom. The first-order valence-corrected chi connectivity index (χ1v) is 3.64. The molecule has 0 radical (unpaired) electrons. The molecule has 0 saturated carbocycles. The molecule has 12 heavy (non-hydrogen) atoms. The standard InChI is InChI=1S/C8H11N3O/c1-6-3-4-9-8(5-6)11-10-7(2)12/h3-5H,1-2H3,(H,9,11)(H,10,12). The number of pyridine rings is 1. The lowest BCUT2D eigenvalue weighted by Gasteiger charge is -2.04. The Morgan fingerprint density at radius 1 is 1.58 bits per heavy atom. The summed E-state index contributed by atoms with van der Waals surface area (Å²) in [5, 5.41) is 0. The van der Waals surface area contributed by atoms with Crippen LogP contribution in [0.4, 0.5) is 5.82 Å². The Labute approximate surface area is 71.0 Å². The molecule has 1 amide bonds. The summed E-state index contributed by atoms with van der Waals surface area (Å²) >= 11 is 0. The molecular weight excluding hydrogens is 154 g/mol. The molecule has 2 N–H and O–H groups in total. The van der Waals surface area contributed by atoms with Crippen LogP contribution in [-0.4, -0.2) is 10.9 Å². The van der Waals surface area contributed by atoms with Crippen LogP contribution in [0.3, 0.4) is 0 Å². The lowest BCUT2D eigenvalue weighted by molar-refractivity contribution is -0.118. The summed E-state index contributed by atoms with van der Waals surface area (Å²) in [6.45, 7) is 3.39. The number of carbonyl (C=O) groups excluding carboxylic acids is 1. The number of carbonyl (C=O) groups is 1. The van der Waals surface area contributed by atoms with E-state index >= 15 is 0 Å². The third-order valence-corrected chi connectivity index (χ3v) is 1.28. The number of rotatable bonds is 2. The first-order valence-electron chi connectivity index (χ1n) is 3.64. The van der Waals surface area contributed by atoms with Gasteiger partial charge in [-0.25, -0.2) is 4.98 Å². The van der Waals surface area contributed by atoms with Crippen molar-refractivity contribution < 1.29 is 4.79 Å². The number of anilines is 1. The molecule has 64 valence electrons. The van der Waals surface area contributed by atoms with Gasteiger partial charge >= 0.3 is 0 Å². The van der Waals surface area contributed by atoms with E-state index in [0.29, 0.717) is 5.82 Å². The normalized spacial score (nSPS) is 9.17. The zero-order chi connectivity index (χ0) is 8.97. The van der Waals surface area contributed by atoms with Crippen molar-refractivity contribution in [3.63, 3.8) is 0 Å². The number of hydrazine groups is 1. The molecule has 0 aromatic carbocycles. The minimum absolute atomic E-state index is 0.140. The van der Waals surface area contributed by atoms with E-state index < -0.39 is 0 Å². The molecule has 0 fully saturated rings. The Kier molecular flexibility index (Phi) is 2.63. The van der Waals surface area contributed by atoms with Gasteiger partial charge in [-0.15, -0.1) is 0 Å². The zero-order valence-corrected chi connectivity index (χ0v) is 7.09. The van der Waals surface area contributed by atoms with Crippen LogP contribution in [-0.2, 0) is 4.79 Å². The molecule has 0 bridgehead atoms. The molecule has 0 aliphatic rings. The summed E-state index contributed by atoms with van der Waals surface area (Å²) in [6.07, 6.45) is 1.68. The maximum atomic E-state index is 10.5. The number of hydrogen-bond donors (Lipinski definition) is 2. The minimum atomic E-state index is -0.140. The fourth-order valence-electron chi connectivity index (χ4n) is 0.757. The molecule has 1 heterocycles. The van der Waals surface area contributed by atoms with Gasteiger partial charge in [-0.1, -0.05) is 0 Å². The number of aromatic nitrogens is 1. The van der Waals surface area contributed by atoms with Gasteiger partial charge in [-0.3, -0.25) is 15.6 Å². The van der Waals surface area contributed by atoms with Gasteiger partial charge in [0.05, 0.1) is 0 Å². The second-order valence-electron chi connectivity index (χ2n) is 2.52. The van der Waals surface area contributed by atoms with E-state index in [1.54, 1.807) is 6.20 Å². The number of amides is 1. The average Bonchev–Trinajstić information content (AvgIpc) is 2.01. The van der Waals surface area contributed by atoms with Gasteiger partial charge in [0, 0.05) is 13.1 Å². The third kappa shape index (κ3) is 2.57. The molecule has 0 atom stereocenters. The Balaban J connectivity index is 2.57. The van der Waals surface area contributed by atoms with E-state index in [4.69, 9.17) is 0 Å². The smallest absolute Gasteiger partial charge is 0.235 e. The molecule has 0 aliphatic carbocycles. The molecule has 1 aromatic heterocycles. The Hall–Kier alpha value is -1.58. The number of hydrogen-bond acceptors (Lipinski definition) is 3. The SMILES string of the molecule is CC(=O)NNc1cc(C)ccn1. The highest BCUT2D eigenvalue weighted by Gasteiger charge is 1.93. The molecule has 4 nitrogen and oxygen atoms in total. The average molecular weight is 165 g/mol. The van der Waals surface area contributed by atoms with Crippen LogP contribution in [0.15, 0.2) is 18.3 Å². The number of nitrogens with one attached hydrogen (secondary N) is 2. The third-order valence-electron chi connectivity index (χ3n) is 1.28. The fraction of sp³-hybridized carbons (Fsp3) is 0.250. The molecule has 0 unspecified atom stereocenters. The lowest BCUT2D eigenvalue weighted by atomic mass is 10.3. The van der Waals surface area contributed by atoms with Crippen molar-refractivity contribution in [2.24, 2.45) is 0 Å². The van der Waals surface area contributed by atoms with E-state index in [1.807, 2.05) is 19.1 Å². The molecule has 0 spiro atoms. The first kappa shape index (κ1) is 8.52. The maximum Gasteiger partial charge on any atom is 0.235 e. The lowest BCUT2D eigenvalue weighted by Crippen LogP contribution is -2.26. The summed E-state index contributed by atoms with van der Waals surface area (Å²) in [7, 11) is 0. The monoisotopic (exact) mass is 165 g/mol. The van der Waals surface area contributed by atoms with E-state index in [9.17, 15) is 4.79 Å². The largest absolute Gasteiger partial charge is 0.282 e. The van der Waals surface area contributed by atoms with Crippen molar-refractivity contribution in [2.75, 3.05) is 5.43 Å². The summed E-state index contributed by atoms with van der Waals surface area (Å²) in [5.41, 5.74) is 6.21. The van der Waals surface area contributed by atoms with Crippen molar-refractivity contribution in [1.82, 2.24) is 10.4 Å². The van der Waals surface area contributed by atoms with Crippen LogP contribution >= 0.6 is 0 Å². The highest BCUT2D eigenvalue weighted by molar-refractivity contribution is 5.74. The van der Waals surface area contributed by atoms with E-state index in [0.717, 1.165) is 5.56 Å². The van der Waals surface area contributed by atoms with Crippen molar-refractivity contribution >= 4 is 11.7 Å². The first-order chi connectivity index (χ1) is 5.68. The molecule has 4 heteroatoms. The molecular formula is C8H11N3O. The predicted molar refractivity (Wildman–Crippen MR) is 46.4 cm³/mol. The Morgan fingerprint density at radius 3 is 2.92 bits per heavy atom. The van der Waals surface area contributed by atoms with Gasteiger partial charge in [0.2, 0.25) is 5.91 Å². The van der Waals surface area contributed by atoms with Gasteiger partial charge in [-0.05, 0) is 24.6 Å². The number of aryl methyl sites for hydroxylation is 1. The second kappa shape index (κ2) is 3.71. The molecule has 0 aliphatic heterocycles. The van der Waals surface area contributed by atoms with Gasteiger partial charge in [0.1, 0.15) is 5.82 Å². The second-order valence-corrected chi connectivity index (χ2v) is 2.52. The summed E-state index contributed by atoms with van der Waals surface area (Å²) in [4.78, 5) is 14.5. The van der Waals surface area contributed by atoms with Gasteiger partial charge in [-0.2, -0.15) is 0 Å². The van der Waals surface area contributed by atoms with Crippen molar-refractivity contribution in [3.05, 3.63) is 23.9 Å². The van der Waals surface area contributed by atoms with Crippen LogP contribution in [0.5, 0.6) is 0 Å². The fourth-order valence-corrected chi connectivity index (χ4v) is 0.757. The molecule has 1 aromatic rings. The van der Waals surface area contributed by atoms with E-state index in [2.05, 4.69) is 15.8 Å². The van der Waals surface area contributed by atoms with Crippen molar-refractivity contribution in [2.45, 2.75) is 13.8 Å². The topological polar surface area (TPSA) is 54.0 Å². The van der Waals surface area contributed by atoms with Crippen molar-refractivity contribution in [1.29, 1.82) is 0 Å². The minimum Gasteiger partial charge on any atom is -0.282 e. The van der Waals surface area contributed by atoms with Gasteiger partial charge in [0.15, 0.2) is 0 Å². The highest BCUT2D eigenvalue weighted by atomic mass is 16.2. The van der Waals surface area contributed by atoms with E-state index in [1.165, 1.54) is 6.92 Å². The maximum absolute atomic E-state index is 10.5. The van der Waals surface area contributed by atoms with Crippen LogP contribution < -0.4 is 10.9 Å². The Bertz CT molecular complexity index is 285. The quantitative estimate of drug-likeness (QED) is 0.639. The summed E-state index contributed by atoms with van der Waals surface area (Å²) in [6, 6.07) is 3.73. The summed E-state index contributed by atoms with van der Waals surface area (Å²) < 4.78 is 0. The van der Waals surface area contributed by atoms with Crippen LogP contribution in [0.2, 0.25) is 0 Å². The predicted octanol–water partition coefficient (Wildman–Crippen LogP) is 0.853. The van der Waals surface area contributed by atoms with Crippen LogP contribution in [0.25, 0.3) is 0 Å². The summed E-state index contributed by atoms with van der Waals surface area (Å²) in [5.74, 6) is 0.503. The van der Waals surface area contributed by atoms with Gasteiger partial charge in [0.25, 0.3) is 0 Å².